The van der Waals surface area contributed by atoms with Gasteiger partial charge in [0.1, 0.15) is 24.2 Å². The predicted molar refractivity (Wildman–Crippen MR) is 119 cm³/mol. The van der Waals surface area contributed by atoms with Crippen LogP contribution in [0.3, 0.4) is 0 Å². The van der Waals surface area contributed by atoms with Crippen LogP contribution in [0.4, 0.5) is 13.6 Å². The molecule has 0 bridgehead atoms. The molecule has 2 aliphatic heterocycles. The van der Waals surface area contributed by atoms with Crippen LogP contribution in [0.2, 0.25) is 5.02 Å². The highest BCUT2D eigenvalue weighted by atomic mass is 35.5. The fourth-order valence-corrected chi connectivity index (χ4v) is 4.81. The first-order valence-electron chi connectivity index (χ1n) is 11.3. The fourth-order valence-electron chi connectivity index (χ4n) is 4.69. The van der Waals surface area contributed by atoms with Crippen molar-refractivity contribution in [2.75, 3.05) is 13.2 Å². The summed E-state index contributed by atoms with van der Waals surface area (Å²) in [6, 6.07) is 8.58. The molecule has 2 saturated heterocycles. The molecule has 3 heterocycles. The summed E-state index contributed by atoms with van der Waals surface area (Å²) in [7, 11) is 0. The van der Waals surface area contributed by atoms with Gasteiger partial charge in [-0.05, 0) is 17.7 Å². The summed E-state index contributed by atoms with van der Waals surface area (Å²) < 4.78 is 38.5. The van der Waals surface area contributed by atoms with Crippen molar-refractivity contribution in [1.29, 1.82) is 0 Å². The first-order valence-corrected chi connectivity index (χ1v) is 11.7. The lowest BCUT2D eigenvalue weighted by Crippen LogP contribution is -2.44. The van der Waals surface area contributed by atoms with Crippen molar-refractivity contribution in [3.8, 4) is 5.75 Å². The minimum Gasteiger partial charge on any atom is -0.490 e. The van der Waals surface area contributed by atoms with Crippen molar-refractivity contribution in [2.45, 2.75) is 56.2 Å². The number of ether oxygens (including phenoxy) is 2. The molecule has 2 aromatic rings. The first kappa shape index (κ1) is 22.8. The highest BCUT2D eigenvalue weighted by Gasteiger charge is 2.47. The third-order valence-electron chi connectivity index (χ3n) is 6.62. The highest BCUT2D eigenvalue weighted by molar-refractivity contribution is 6.30. The third-order valence-corrected chi connectivity index (χ3v) is 6.87. The normalized spacial score (nSPS) is 23.6. The second-order valence-electron chi connectivity index (χ2n) is 9.07. The molecule has 2 atom stereocenters. The van der Waals surface area contributed by atoms with Crippen molar-refractivity contribution >= 4 is 23.6 Å². The SMILES string of the molecule is O=C(NCc1ccc(Cl)cc1)c1cc(O[C@H]2CCN3C(=O)OC[C@@H]3C2)c(C2CC(F)(F)C2)cn1. The van der Waals surface area contributed by atoms with E-state index in [4.69, 9.17) is 21.1 Å². The van der Waals surface area contributed by atoms with Gasteiger partial charge in [-0.3, -0.25) is 9.78 Å². The van der Waals surface area contributed by atoms with Crippen LogP contribution in [-0.4, -0.2) is 53.1 Å². The van der Waals surface area contributed by atoms with E-state index in [2.05, 4.69) is 10.3 Å². The monoisotopic (exact) mass is 491 g/mol. The minimum atomic E-state index is -2.69. The number of nitrogens with zero attached hydrogens (tertiary/aromatic N) is 2. The van der Waals surface area contributed by atoms with E-state index in [0.29, 0.717) is 48.9 Å². The molecule has 1 aromatic heterocycles. The Kier molecular flexibility index (Phi) is 6.06. The lowest BCUT2D eigenvalue weighted by molar-refractivity contribution is -0.0873. The zero-order chi connectivity index (χ0) is 23.9. The number of hydrogen-bond acceptors (Lipinski definition) is 5. The highest BCUT2D eigenvalue weighted by Crippen LogP contribution is 2.50. The number of hydrogen-bond donors (Lipinski definition) is 1. The Morgan fingerprint density at radius 2 is 2.06 bits per heavy atom. The van der Waals surface area contributed by atoms with Crippen LogP contribution in [0, 0.1) is 0 Å². The second kappa shape index (κ2) is 9.02. The first-order chi connectivity index (χ1) is 16.3. The topological polar surface area (TPSA) is 80.8 Å². The Labute approximate surface area is 200 Å². The molecule has 1 aliphatic carbocycles. The Morgan fingerprint density at radius 3 is 2.79 bits per heavy atom. The number of amides is 2. The molecule has 180 valence electrons. The van der Waals surface area contributed by atoms with Gasteiger partial charge in [-0.25, -0.2) is 13.6 Å². The summed E-state index contributed by atoms with van der Waals surface area (Å²) in [5, 5.41) is 3.42. The van der Waals surface area contributed by atoms with Crippen LogP contribution in [-0.2, 0) is 11.3 Å². The van der Waals surface area contributed by atoms with E-state index in [1.165, 1.54) is 12.3 Å². The van der Waals surface area contributed by atoms with Gasteiger partial charge in [0.15, 0.2) is 0 Å². The summed E-state index contributed by atoms with van der Waals surface area (Å²) in [4.78, 5) is 30.4. The van der Waals surface area contributed by atoms with E-state index >= 15 is 0 Å². The van der Waals surface area contributed by atoms with Crippen LogP contribution < -0.4 is 10.1 Å². The van der Waals surface area contributed by atoms with Crippen LogP contribution in [0.5, 0.6) is 5.75 Å². The maximum atomic E-state index is 13.6. The summed E-state index contributed by atoms with van der Waals surface area (Å²) in [5.74, 6) is -3.06. The molecule has 1 N–H and O–H groups in total. The fraction of sp³-hybridized carbons (Fsp3) is 0.458. The number of benzene rings is 1. The Morgan fingerprint density at radius 1 is 1.29 bits per heavy atom. The van der Waals surface area contributed by atoms with Crippen molar-refractivity contribution in [2.24, 2.45) is 0 Å². The third kappa shape index (κ3) is 4.80. The number of carbonyl (C=O) groups is 2. The molecule has 0 radical (unpaired) electrons. The Hall–Kier alpha value is -2.94. The van der Waals surface area contributed by atoms with E-state index in [1.807, 2.05) is 12.1 Å². The van der Waals surface area contributed by atoms with Crippen molar-refractivity contribution in [3.05, 3.63) is 58.4 Å². The molecule has 34 heavy (non-hydrogen) atoms. The predicted octanol–water partition coefficient (Wildman–Crippen LogP) is 4.54. The van der Waals surface area contributed by atoms with Crippen molar-refractivity contribution in [1.82, 2.24) is 15.2 Å². The standard InChI is InChI=1S/C24H24ClF2N3O4/c25-16-3-1-14(2-4-16)11-29-22(31)20-8-21(19(12-28-20)15-9-24(26,27)10-15)34-18-5-6-30-17(7-18)13-33-23(30)32/h1-4,8,12,15,17-18H,5-7,9-11,13H2,(H,29,31)/t17-,18-/m0/s1. The van der Waals surface area contributed by atoms with Gasteiger partial charge in [0.05, 0.1) is 6.04 Å². The van der Waals surface area contributed by atoms with E-state index < -0.39 is 11.8 Å². The molecule has 3 aliphatic rings. The quantitative estimate of drug-likeness (QED) is 0.641. The number of nitrogens with one attached hydrogen (secondary N) is 1. The minimum absolute atomic E-state index is 0.0632. The number of alkyl halides is 2. The van der Waals surface area contributed by atoms with Crippen molar-refractivity contribution in [3.63, 3.8) is 0 Å². The molecular weight excluding hydrogens is 468 g/mol. The lowest BCUT2D eigenvalue weighted by Gasteiger charge is -2.37. The van der Waals surface area contributed by atoms with Gasteiger partial charge >= 0.3 is 6.09 Å². The van der Waals surface area contributed by atoms with E-state index in [9.17, 15) is 18.4 Å². The number of pyridine rings is 1. The largest absolute Gasteiger partial charge is 0.490 e. The molecule has 1 saturated carbocycles. The van der Waals surface area contributed by atoms with Crippen LogP contribution in [0.15, 0.2) is 36.5 Å². The van der Waals surface area contributed by atoms with Crippen LogP contribution in [0.1, 0.15) is 53.2 Å². The summed E-state index contributed by atoms with van der Waals surface area (Å²) in [5.41, 5.74) is 1.61. The molecule has 10 heteroatoms. The molecule has 1 aromatic carbocycles. The van der Waals surface area contributed by atoms with Gasteiger partial charge in [0.2, 0.25) is 5.92 Å². The Bertz CT molecular complexity index is 1090. The second-order valence-corrected chi connectivity index (χ2v) is 9.50. The molecule has 2 amide bonds. The van der Waals surface area contributed by atoms with Crippen LogP contribution in [0.25, 0.3) is 0 Å². The van der Waals surface area contributed by atoms with E-state index in [0.717, 1.165) is 5.56 Å². The zero-order valence-electron chi connectivity index (χ0n) is 18.3. The molecule has 5 rings (SSSR count). The molecule has 3 fully saturated rings. The number of rotatable bonds is 6. The number of fused-ring (bicyclic) bond motifs is 1. The number of piperidine rings is 1. The van der Waals surface area contributed by atoms with Gasteiger partial charge in [-0.15, -0.1) is 0 Å². The summed E-state index contributed by atoms with van der Waals surface area (Å²) in [6.07, 6.45) is 1.57. The average molecular weight is 492 g/mol. The van der Waals surface area contributed by atoms with Crippen molar-refractivity contribution < 1.29 is 27.8 Å². The average Bonchev–Trinajstić information content (AvgIpc) is 3.17. The van der Waals surface area contributed by atoms with E-state index in [-0.39, 0.29) is 42.7 Å². The van der Waals surface area contributed by atoms with E-state index in [1.54, 1.807) is 17.0 Å². The molecule has 0 spiro atoms. The number of aromatic nitrogens is 1. The maximum absolute atomic E-state index is 13.6. The van der Waals surface area contributed by atoms with Crippen LogP contribution >= 0.6 is 11.6 Å². The van der Waals surface area contributed by atoms with Gasteiger partial charge in [-0.2, -0.15) is 0 Å². The Balaban J connectivity index is 1.31. The summed E-state index contributed by atoms with van der Waals surface area (Å²) in [6.45, 7) is 1.11. The van der Waals surface area contributed by atoms with Gasteiger partial charge in [0, 0.05) is 67.5 Å². The lowest BCUT2D eigenvalue weighted by atomic mass is 9.77. The van der Waals surface area contributed by atoms with Gasteiger partial charge < -0.3 is 19.7 Å². The van der Waals surface area contributed by atoms with Gasteiger partial charge in [0.25, 0.3) is 5.91 Å². The molecule has 0 unspecified atom stereocenters. The zero-order valence-corrected chi connectivity index (χ0v) is 19.1. The summed E-state index contributed by atoms with van der Waals surface area (Å²) >= 11 is 5.89. The number of cyclic esters (lactones) is 1. The number of halogens is 3. The smallest absolute Gasteiger partial charge is 0.410 e. The molecule has 7 nitrogen and oxygen atoms in total. The number of carbonyl (C=O) groups excluding carboxylic acids is 2. The maximum Gasteiger partial charge on any atom is 0.410 e. The molecular formula is C24H24ClF2N3O4. The van der Waals surface area contributed by atoms with Gasteiger partial charge in [-0.1, -0.05) is 23.7 Å².